The molecule has 32 heavy (non-hydrogen) atoms. The summed E-state index contributed by atoms with van der Waals surface area (Å²) in [6, 6.07) is 6.70. The standard InChI is InChI=1S/C21H18FN3O5S2/c1-29-18-7-14(17(25(27)28)8-19(18)30-9-12-10-31-11-23-12)21(26)24-16-5-6-32-20-13(16)3-2-4-15(20)22/h2-4,7-8,10-11,16H,5-6,9H2,1H3,(H,24,26). The smallest absolute Gasteiger partial charge is 0.286 e. The van der Waals surface area contributed by atoms with Crippen molar-refractivity contribution in [1.82, 2.24) is 10.3 Å². The fourth-order valence-corrected chi connectivity index (χ4v) is 5.07. The topological polar surface area (TPSA) is 104 Å². The van der Waals surface area contributed by atoms with Crippen molar-refractivity contribution in [1.29, 1.82) is 0 Å². The summed E-state index contributed by atoms with van der Waals surface area (Å²) >= 11 is 2.79. The summed E-state index contributed by atoms with van der Waals surface area (Å²) in [5.41, 5.74) is 2.40. The van der Waals surface area contributed by atoms with Crippen molar-refractivity contribution in [2.45, 2.75) is 24.0 Å². The van der Waals surface area contributed by atoms with Crippen LogP contribution in [0, 0.1) is 15.9 Å². The van der Waals surface area contributed by atoms with Gasteiger partial charge in [0.25, 0.3) is 11.6 Å². The number of hydrogen-bond donors (Lipinski definition) is 1. The fourth-order valence-electron chi connectivity index (χ4n) is 3.39. The van der Waals surface area contributed by atoms with Crippen molar-refractivity contribution >= 4 is 34.7 Å². The summed E-state index contributed by atoms with van der Waals surface area (Å²) in [6.07, 6.45) is 0.576. The van der Waals surface area contributed by atoms with E-state index in [1.54, 1.807) is 23.0 Å². The summed E-state index contributed by atoms with van der Waals surface area (Å²) in [7, 11) is 1.38. The summed E-state index contributed by atoms with van der Waals surface area (Å²) in [5.74, 6) is -0.0611. The van der Waals surface area contributed by atoms with Gasteiger partial charge < -0.3 is 14.8 Å². The number of thiazole rings is 1. The highest BCUT2D eigenvalue weighted by Gasteiger charge is 2.29. The average Bonchev–Trinajstić information content (AvgIpc) is 3.31. The number of thioether (sulfide) groups is 1. The lowest BCUT2D eigenvalue weighted by Gasteiger charge is -2.26. The summed E-state index contributed by atoms with van der Waals surface area (Å²) < 4.78 is 25.1. The number of carbonyl (C=O) groups excluding carboxylic acids is 1. The van der Waals surface area contributed by atoms with Crippen LogP contribution in [-0.2, 0) is 6.61 Å². The third kappa shape index (κ3) is 4.53. The van der Waals surface area contributed by atoms with Crippen molar-refractivity contribution < 1.29 is 23.6 Å². The molecule has 1 aliphatic rings. The Balaban J connectivity index is 1.62. The van der Waals surface area contributed by atoms with E-state index in [9.17, 15) is 19.3 Å². The van der Waals surface area contributed by atoms with Crippen molar-refractivity contribution in [3.8, 4) is 11.5 Å². The molecule has 8 nitrogen and oxygen atoms in total. The second kappa shape index (κ2) is 9.53. The van der Waals surface area contributed by atoms with Crippen LogP contribution in [0.5, 0.6) is 11.5 Å². The molecule has 0 saturated heterocycles. The van der Waals surface area contributed by atoms with Crippen LogP contribution in [0.3, 0.4) is 0 Å². The molecule has 1 atom stereocenters. The highest BCUT2D eigenvalue weighted by Crippen LogP contribution is 2.39. The van der Waals surface area contributed by atoms with Gasteiger partial charge in [-0.15, -0.1) is 23.1 Å². The van der Waals surface area contributed by atoms with Crippen LogP contribution in [0.15, 0.2) is 46.1 Å². The monoisotopic (exact) mass is 475 g/mol. The maximum absolute atomic E-state index is 14.1. The molecular weight excluding hydrogens is 457 g/mol. The first kappa shape index (κ1) is 22.0. The number of nitrogens with one attached hydrogen (secondary N) is 1. The minimum Gasteiger partial charge on any atom is -0.493 e. The van der Waals surface area contributed by atoms with E-state index in [1.165, 1.54) is 48.4 Å². The molecule has 1 unspecified atom stereocenters. The Hall–Kier alpha value is -3.18. The first-order chi connectivity index (χ1) is 15.5. The van der Waals surface area contributed by atoms with E-state index in [0.717, 1.165) is 0 Å². The van der Waals surface area contributed by atoms with Gasteiger partial charge in [-0.05, 0) is 18.1 Å². The molecule has 1 aromatic heterocycles. The minimum absolute atomic E-state index is 0.102. The van der Waals surface area contributed by atoms with Crippen molar-refractivity contribution in [3.05, 3.63) is 74.0 Å². The van der Waals surface area contributed by atoms with Gasteiger partial charge in [0, 0.05) is 22.1 Å². The van der Waals surface area contributed by atoms with Crippen LogP contribution in [0.25, 0.3) is 0 Å². The molecule has 0 saturated carbocycles. The number of amides is 1. The Morgan fingerprint density at radius 2 is 2.22 bits per heavy atom. The van der Waals surface area contributed by atoms with Gasteiger partial charge in [0.2, 0.25) is 0 Å². The average molecular weight is 476 g/mol. The second-order valence-electron chi connectivity index (χ2n) is 6.87. The Labute approximate surface area is 190 Å². The van der Waals surface area contributed by atoms with Crippen LogP contribution in [0.4, 0.5) is 10.1 Å². The van der Waals surface area contributed by atoms with E-state index in [2.05, 4.69) is 10.3 Å². The molecule has 0 fully saturated rings. The minimum atomic E-state index is -0.645. The van der Waals surface area contributed by atoms with Crippen molar-refractivity contribution in [2.24, 2.45) is 0 Å². The first-order valence-corrected chi connectivity index (χ1v) is 11.5. The molecule has 1 aliphatic heterocycles. The van der Waals surface area contributed by atoms with Gasteiger partial charge in [0.1, 0.15) is 18.0 Å². The molecule has 0 spiro atoms. The molecule has 0 radical (unpaired) electrons. The zero-order chi connectivity index (χ0) is 22.7. The van der Waals surface area contributed by atoms with E-state index in [-0.39, 0.29) is 29.5 Å². The lowest BCUT2D eigenvalue weighted by molar-refractivity contribution is -0.385. The Bertz CT molecular complexity index is 1160. The van der Waals surface area contributed by atoms with Gasteiger partial charge in [0.15, 0.2) is 11.5 Å². The van der Waals surface area contributed by atoms with Gasteiger partial charge in [-0.2, -0.15) is 0 Å². The number of halogens is 1. The second-order valence-corrected chi connectivity index (χ2v) is 8.69. The molecule has 0 aliphatic carbocycles. The van der Waals surface area contributed by atoms with E-state index in [4.69, 9.17) is 9.47 Å². The highest BCUT2D eigenvalue weighted by molar-refractivity contribution is 7.99. The summed E-state index contributed by atoms with van der Waals surface area (Å²) in [4.78, 5) is 28.7. The SMILES string of the molecule is COc1cc(C(=O)NC2CCSc3c(F)cccc32)c([N+](=O)[O-])cc1OCc1cscn1. The van der Waals surface area contributed by atoms with E-state index < -0.39 is 22.6 Å². The number of benzene rings is 2. The van der Waals surface area contributed by atoms with Crippen LogP contribution >= 0.6 is 23.1 Å². The number of rotatable bonds is 7. The molecule has 3 aromatic rings. The van der Waals surface area contributed by atoms with Crippen LogP contribution in [0.1, 0.15) is 34.1 Å². The van der Waals surface area contributed by atoms with Gasteiger partial charge in [-0.1, -0.05) is 12.1 Å². The molecule has 11 heteroatoms. The number of nitrogens with zero attached hydrogens (tertiary/aromatic N) is 2. The number of methoxy groups -OCH3 is 1. The summed E-state index contributed by atoms with van der Waals surface area (Å²) in [6.45, 7) is 0.102. The van der Waals surface area contributed by atoms with Gasteiger partial charge >= 0.3 is 0 Å². The molecular formula is C21H18FN3O5S2. The van der Waals surface area contributed by atoms with Gasteiger partial charge in [0.05, 0.1) is 35.3 Å². The number of carbonyl (C=O) groups is 1. The van der Waals surface area contributed by atoms with E-state index >= 15 is 0 Å². The summed E-state index contributed by atoms with van der Waals surface area (Å²) in [5, 5.41) is 16.3. The van der Waals surface area contributed by atoms with Crippen molar-refractivity contribution in [3.63, 3.8) is 0 Å². The third-order valence-corrected chi connectivity index (χ3v) is 6.71. The number of nitro groups is 1. The number of ether oxygens (including phenoxy) is 2. The Morgan fingerprint density at radius 1 is 1.38 bits per heavy atom. The number of nitro benzene ring substituents is 1. The molecule has 2 aromatic carbocycles. The Kier molecular flexibility index (Phi) is 6.56. The maximum atomic E-state index is 14.1. The normalized spacial score (nSPS) is 15.0. The Morgan fingerprint density at radius 3 is 2.94 bits per heavy atom. The van der Waals surface area contributed by atoms with E-state index in [1.807, 2.05) is 0 Å². The van der Waals surface area contributed by atoms with Crippen LogP contribution in [-0.4, -0.2) is 28.7 Å². The first-order valence-electron chi connectivity index (χ1n) is 9.56. The molecule has 166 valence electrons. The van der Waals surface area contributed by atoms with Gasteiger partial charge in [-0.3, -0.25) is 14.9 Å². The molecule has 4 rings (SSSR count). The lowest BCUT2D eigenvalue weighted by atomic mass is 10.0. The molecule has 2 heterocycles. The van der Waals surface area contributed by atoms with Crippen molar-refractivity contribution in [2.75, 3.05) is 12.9 Å². The largest absolute Gasteiger partial charge is 0.493 e. The van der Waals surface area contributed by atoms with Crippen LogP contribution in [0.2, 0.25) is 0 Å². The fraction of sp³-hybridized carbons (Fsp3) is 0.238. The van der Waals surface area contributed by atoms with Gasteiger partial charge in [-0.25, -0.2) is 9.37 Å². The molecule has 0 bridgehead atoms. The number of aromatic nitrogens is 1. The maximum Gasteiger partial charge on any atom is 0.286 e. The zero-order valence-corrected chi connectivity index (χ0v) is 18.5. The van der Waals surface area contributed by atoms with E-state index in [0.29, 0.717) is 28.3 Å². The highest BCUT2D eigenvalue weighted by atomic mass is 32.2. The quantitative estimate of drug-likeness (QED) is 0.389. The molecule has 1 amide bonds. The predicted octanol–water partition coefficient (Wildman–Crippen LogP) is 4.74. The lowest BCUT2D eigenvalue weighted by Crippen LogP contribution is -2.31. The third-order valence-electron chi connectivity index (χ3n) is 4.91. The van der Waals surface area contributed by atoms with Crippen LogP contribution < -0.4 is 14.8 Å². The zero-order valence-electron chi connectivity index (χ0n) is 16.9. The predicted molar refractivity (Wildman–Crippen MR) is 118 cm³/mol. The molecule has 1 N–H and O–H groups in total. The number of hydrogen-bond acceptors (Lipinski definition) is 8. The number of fused-ring (bicyclic) bond motifs is 1.